The number of hydrogen-bond acceptors (Lipinski definition) is 5. The molecular formula is C22H36N4O4. The van der Waals surface area contributed by atoms with Crippen LogP contribution in [0.4, 0.5) is 10.5 Å². The maximum absolute atomic E-state index is 13.0. The third-order valence-electron chi connectivity index (χ3n) is 4.88. The van der Waals surface area contributed by atoms with Crippen LogP contribution in [0.3, 0.4) is 0 Å². The summed E-state index contributed by atoms with van der Waals surface area (Å²) in [5.74, 6) is -0.818. The SMILES string of the molecule is CNc1ccc(COC(=O)N(C)[C@H](C(=O)N[C@H](C(=O)N(C)C)C(C)C)C(C)C)cc1. The van der Waals surface area contributed by atoms with Gasteiger partial charge in [-0.3, -0.25) is 14.5 Å². The topological polar surface area (TPSA) is 91.0 Å². The van der Waals surface area contributed by atoms with E-state index in [4.69, 9.17) is 4.74 Å². The highest BCUT2D eigenvalue weighted by molar-refractivity contribution is 5.91. The van der Waals surface area contributed by atoms with Gasteiger partial charge in [-0.1, -0.05) is 39.8 Å². The molecule has 0 saturated carbocycles. The average molecular weight is 421 g/mol. The predicted molar refractivity (Wildman–Crippen MR) is 118 cm³/mol. The number of benzene rings is 1. The van der Waals surface area contributed by atoms with E-state index in [1.165, 1.54) is 16.8 Å². The van der Waals surface area contributed by atoms with Crippen molar-refractivity contribution in [2.45, 2.75) is 46.4 Å². The van der Waals surface area contributed by atoms with E-state index < -0.39 is 18.2 Å². The van der Waals surface area contributed by atoms with Gasteiger partial charge in [0.05, 0.1) is 0 Å². The number of carbonyl (C=O) groups excluding carboxylic acids is 3. The minimum absolute atomic E-state index is 0.0884. The quantitative estimate of drug-likeness (QED) is 0.641. The van der Waals surface area contributed by atoms with Gasteiger partial charge in [0, 0.05) is 33.9 Å². The van der Waals surface area contributed by atoms with E-state index in [-0.39, 0.29) is 30.3 Å². The van der Waals surface area contributed by atoms with Crippen molar-refractivity contribution in [1.29, 1.82) is 0 Å². The van der Waals surface area contributed by atoms with E-state index in [2.05, 4.69) is 10.6 Å². The summed E-state index contributed by atoms with van der Waals surface area (Å²) in [5, 5.41) is 5.84. The third kappa shape index (κ3) is 6.93. The van der Waals surface area contributed by atoms with Crippen LogP contribution in [0.15, 0.2) is 24.3 Å². The normalized spacial score (nSPS) is 12.9. The third-order valence-corrected chi connectivity index (χ3v) is 4.88. The largest absolute Gasteiger partial charge is 0.445 e. The van der Waals surface area contributed by atoms with Crippen LogP contribution in [0.2, 0.25) is 0 Å². The minimum Gasteiger partial charge on any atom is -0.445 e. The fourth-order valence-electron chi connectivity index (χ4n) is 3.08. The molecule has 1 aromatic rings. The van der Waals surface area contributed by atoms with Crippen molar-refractivity contribution < 1.29 is 19.1 Å². The lowest BCUT2D eigenvalue weighted by molar-refractivity contribution is -0.137. The molecular weight excluding hydrogens is 384 g/mol. The first-order chi connectivity index (χ1) is 14.0. The second-order valence-electron chi connectivity index (χ2n) is 8.26. The average Bonchev–Trinajstić information content (AvgIpc) is 2.69. The number of ether oxygens (including phenoxy) is 1. The number of rotatable bonds is 9. The second kappa shape index (κ2) is 11.4. The number of carbonyl (C=O) groups is 3. The second-order valence-corrected chi connectivity index (χ2v) is 8.26. The van der Waals surface area contributed by atoms with Gasteiger partial charge in [0.1, 0.15) is 18.7 Å². The first-order valence-electron chi connectivity index (χ1n) is 10.2. The number of amides is 3. The highest BCUT2D eigenvalue weighted by Crippen LogP contribution is 2.15. The van der Waals surface area contributed by atoms with E-state index in [1.54, 1.807) is 14.1 Å². The molecule has 0 aliphatic heterocycles. The predicted octanol–water partition coefficient (Wildman–Crippen LogP) is 2.55. The summed E-state index contributed by atoms with van der Waals surface area (Å²) >= 11 is 0. The monoisotopic (exact) mass is 420 g/mol. The fourth-order valence-corrected chi connectivity index (χ4v) is 3.08. The van der Waals surface area contributed by atoms with Crippen molar-refractivity contribution in [3.8, 4) is 0 Å². The van der Waals surface area contributed by atoms with Gasteiger partial charge in [-0.05, 0) is 29.5 Å². The Morgan fingerprint density at radius 3 is 1.97 bits per heavy atom. The number of anilines is 1. The smallest absolute Gasteiger partial charge is 0.410 e. The van der Waals surface area contributed by atoms with Crippen molar-refractivity contribution >= 4 is 23.6 Å². The van der Waals surface area contributed by atoms with Crippen molar-refractivity contribution in [3.63, 3.8) is 0 Å². The van der Waals surface area contributed by atoms with Crippen molar-refractivity contribution in [3.05, 3.63) is 29.8 Å². The summed E-state index contributed by atoms with van der Waals surface area (Å²) in [4.78, 5) is 40.7. The van der Waals surface area contributed by atoms with Crippen LogP contribution in [0, 0.1) is 11.8 Å². The number of nitrogens with one attached hydrogen (secondary N) is 2. The van der Waals surface area contributed by atoms with Crippen LogP contribution in [0.5, 0.6) is 0 Å². The molecule has 8 nitrogen and oxygen atoms in total. The van der Waals surface area contributed by atoms with E-state index in [9.17, 15) is 14.4 Å². The Kier molecular flexibility index (Phi) is 9.62. The maximum atomic E-state index is 13.0. The Morgan fingerprint density at radius 1 is 0.967 bits per heavy atom. The first-order valence-corrected chi connectivity index (χ1v) is 10.2. The molecule has 0 unspecified atom stereocenters. The number of nitrogens with zero attached hydrogens (tertiary/aromatic N) is 2. The summed E-state index contributed by atoms with van der Waals surface area (Å²) in [6, 6.07) is 6.10. The molecule has 0 fully saturated rings. The summed E-state index contributed by atoms with van der Waals surface area (Å²) in [6.45, 7) is 7.54. The zero-order valence-electron chi connectivity index (χ0n) is 19.4. The van der Waals surface area contributed by atoms with E-state index in [0.717, 1.165) is 11.3 Å². The molecule has 0 aromatic heterocycles. The first kappa shape index (κ1) is 25.3. The van der Waals surface area contributed by atoms with Gasteiger partial charge in [0.2, 0.25) is 11.8 Å². The summed E-state index contributed by atoms with van der Waals surface area (Å²) in [5.41, 5.74) is 1.81. The van der Waals surface area contributed by atoms with Crippen LogP contribution in [0.25, 0.3) is 0 Å². The fraction of sp³-hybridized carbons (Fsp3) is 0.591. The molecule has 8 heteroatoms. The minimum atomic E-state index is -0.764. The highest BCUT2D eigenvalue weighted by Gasteiger charge is 2.34. The molecule has 3 amide bonds. The van der Waals surface area contributed by atoms with Crippen molar-refractivity contribution in [2.75, 3.05) is 33.5 Å². The molecule has 0 radical (unpaired) electrons. The zero-order valence-corrected chi connectivity index (χ0v) is 19.4. The molecule has 0 aliphatic carbocycles. The molecule has 0 saturated heterocycles. The van der Waals surface area contributed by atoms with Gasteiger partial charge >= 0.3 is 6.09 Å². The Balaban J connectivity index is 2.84. The standard InChI is InChI=1S/C22H36N4O4/c1-14(2)18(21(28)25(6)7)24-20(27)19(15(3)4)26(8)22(29)30-13-16-9-11-17(23-5)12-10-16/h9-12,14-15,18-19,23H,13H2,1-8H3,(H,24,27)/t18-,19-/m0/s1. The van der Waals surface area contributed by atoms with Gasteiger partial charge < -0.3 is 20.3 Å². The van der Waals surface area contributed by atoms with Crippen LogP contribution < -0.4 is 10.6 Å². The van der Waals surface area contributed by atoms with Gasteiger partial charge in [0.25, 0.3) is 0 Å². The van der Waals surface area contributed by atoms with E-state index in [1.807, 2.05) is 59.0 Å². The zero-order chi connectivity index (χ0) is 23.0. The van der Waals surface area contributed by atoms with Crippen LogP contribution >= 0.6 is 0 Å². The molecule has 0 spiro atoms. The van der Waals surface area contributed by atoms with Gasteiger partial charge in [-0.15, -0.1) is 0 Å². The maximum Gasteiger partial charge on any atom is 0.410 e. The van der Waals surface area contributed by atoms with E-state index >= 15 is 0 Å². The number of hydrogen-bond donors (Lipinski definition) is 2. The Labute approximate surface area is 179 Å². The number of likely N-dealkylation sites (N-methyl/N-ethyl adjacent to an activating group) is 2. The van der Waals surface area contributed by atoms with E-state index in [0.29, 0.717) is 0 Å². The molecule has 1 aromatic carbocycles. The van der Waals surface area contributed by atoms with Crippen LogP contribution in [-0.4, -0.2) is 68.0 Å². The summed E-state index contributed by atoms with van der Waals surface area (Å²) < 4.78 is 5.39. The lowest BCUT2D eigenvalue weighted by atomic mass is 9.99. The molecule has 1 rings (SSSR count). The Morgan fingerprint density at radius 2 is 1.53 bits per heavy atom. The van der Waals surface area contributed by atoms with Crippen molar-refractivity contribution in [1.82, 2.24) is 15.1 Å². The van der Waals surface area contributed by atoms with Crippen LogP contribution in [0.1, 0.15) is 33.3 Å². The molecule has 168 valence electrons. The molecule has 0 heterocycles. The highest BCUT2D eigenvalue weighted by atomic mass is 16.6. The van der Waals surface area contributed by atoms with Gasteiger partial charge in [0.15, 0.2) is 0 Å². The lowest BCUT2D eigenvalue weighted by Gasteiger charge is -2.32. The Bertz CT molecular complexity index is 716. The van der Waals surface area contributed by atoms with Gasteiger partial charge in [-0.25, -0.2) is 4.79 Å². The van der Waals surface area contributed by atoms with Gasteiger partial charge in [-0.2, -0.15) is 0 Å². The molecule has 2 N–H and O–H groups in total. The molecule has 2 atom stereocenters. The Hall–Kier alpha value is -2.77. The van der Waals surface area contributed by atoms with Crippen molar-refractivity contribution in [2.24, 2.45) is 11.8 Å². The summed E-state index contributed by atoms with van der Waals surface area (Å²) in [6.07, 6.45) is -0.596. The molecule has 0 aliphatic rings. The van der Waals surface area contributed by atoms with Crippen LogP contribution in [-0.2, 0) is 20.9 Å². The molecule has 0 bridgehead atoms. The summed E-state index contributed by atoms with van der Waals surface area (Å²) in [7, 11) is 6.67. The molecule has 30 heavy (non-hydrogen) atoms. The lowest BCUT2D eigenvalue weighted by Crippen LogP contribution is -2.57.